The highest BCUT2D eigenvalue weighted by Crippen LogP contribution is 2.25. The SMILES string of the molecule is CC(C(=O)N1CCOCC1)n1cncc1C1CCCCN1. The standard InChI is InChI=1S/C15H24N4O2/c1-12(15(20)18-6-8-21-9-7-18)19-11-16-10-14(19)13-4-2-3-5-17-13/h10-13,17H,2-9H2,1H3. The first-order valence-electron chi connectivity index (χ1n) is 7.89. The Labute approximate surface area is 125 Å². The number of hydrogen-bond donors (Lipinski definition) is 1. The van der Waals surface area contributed by atoms with E-state index in [1.807, 2.05) is 22.6 Å². The minimum atomic E-state index is -0.204. The number of ether oxygens (including phenoxy) is 1. The van der Waals surface area contributed by atoms with Gasteiger partial charge in [0.25, 0.3) is 0 Å². The summed E-state index contributed by atoms with van der Waals surface area (Å²) in [4.78, 5) is 18.8. The Bertz CT molecular complexity index is 476. The van der Waals surface area contributed by atoms with Gasteiger partial charge in [-0.1, -0.05) is 6.42 Å². The molecule has 6 nitrogen and oxygen atoms in total. The van der Waals surface area contributed by atoms with Crippen LogP contribution in [0.1, 0.15) is 44.0 Å². The highest BCUT2D eigenvalue weighted by molar-refractivity contribution is 5.80. The molecule has 0 spiro atoms. The molecule has 3 rings (SSSR count). The van der Waals surface area contributed by atoms with E-state index in [1.54, 1.807) is 6.33 Å². The van der Waals surface area contributed by atoms with E-state index in [4.69, 9.17) is 4.74 Å². The van der Waals surface area contributed by atoms with Crippen molar-refractivity contribution in [3.8, 4) is 0 Å². The molecule has 21 heavy (non-hydrogen) atoms. The first-order chi connectivity index (χ1) is 10.3. The average Bonchev–Trinajstić information content (AvgIpc) is 3.04. The summed E-state index contributed by atoms with van der Waals surface area (Å²) in [7, 11) is 0. The number of rotatable bonds is 3. The van der Waals surface area contributed by atoms with Gasteiger partial charge in [-0.05, 0) is 26.3 Å². The summed E-state index contributed by atoms with van der Waals surface area (Å²) < 4.78 is 7.34. The number of piperidine rings is 1. The minimum Gasteiger partial charge on any atom is -0.378 e. The number of hydrogen-bond acceptors (Lipinski definition) is 4. The van der Waals surface area contributed by atoms with Crippen LogP contribution in [0.25, 0.3) is 0 Å². The van der Waals surface area contributed by atoms with E-state index in [2.05, 4.69) is 10.3 Å². The summed E-state index contributed by atoms with van der Waals surface area (Å²) in [6, 6.07) is 0.116. The number of nitrogens with zero attached hydrogens (tertiary/aromatic N) is 3. The molecule has 0 aromatic carbocycles. The third kappa shape index (κ3) is 3.11. The molecule has 0 aliphatic carbocycles. The number of aromatic nitrogens is 2. The summed E-state index contributed by atoms with van der Waals surface area (Å²) in [5.74, 6) is 0.161. The van der Waals surface area contributed by atoms with Gasteiger partial charge < -0.3 is 19.5 Å². The summed E-state index contributed by atoms with van der Waals surface area (Å²) in [6.07, 6.45) is 7.26. The van der Waals surface area contributed by atoms with E-state index >= 15 is 0 Å². The molecular weight excluding hydrogens is 268 g/mol. The molecule has 2 fully saturated rings. The maximum atomic E-state index is 12.6. The molecule has 2 aliphatic rings. The van der Waals surface area contributed by atoms with Crippen LogP contribution in [0, 0.1) is 0 Å². The zero-order valence-corrected chi connectivity index (χ0v) is 12.6. The molecule has 0 bridgehead atoms. The summed E-state index contributed by atoms with van der Waals surface area (Å²) in [5, 5.41) is 3.53. The second-order valence-corrected chi connectivity index (χ2v) is 5.84. The molecule has 2 atom stereocenters. The van der Waals surface area contributed by atoms with Crippen molar-refractivity contribution in [3.63, 3.8) is 0 Å². The third-order valence-corrected chi connectivity index (χ3v) is 4.46. The van der Waals surface area contributed by atoms with Crippen molar-refractivity contribution in [1.29, 1.82) is 0 Å². The summed E-state index contributed by atoms with van der Waals surface area (Å²) in [5.41, 5.74) is 1.13. The largest absolute Gasteiger partial charge is 0.378 e. The fraction of sp³-hybridized carbons (Fsp3) is 0.733. The van der Waals surface area contributed by atoms with Crippen molar-refractivity contribution in [3.05, 3.63) is 18.2 Å². The van der Waals surface area contributed by atoms with Gasteiger partial charge in [0.1, 0.15) is 6.04 Å². The van der Waals surface area contributed by atoms with Crippen molar-refractivity contribution in [1.82, 2.24) is 19.8 Å². The lowest BCUT2D eigenvalue weighted by molar-refractivity contribution is -0.138. The van der Waals surface area contributed by atoms with E-state index in [-0.39, 0.29) is 11.9 Å². The summed E-state index contributed by atoms with van der Waals surface area (Å²) >= 11 is 0. The van der Waals surface area contributed by atoms with Gasteiger partial charge in [-0.25, -0.2) is 4.98 Å². The van der Waals surface area contributed by atoms with Crippen LogP contribution < -0.4 is 5.32 Å². The minimum absolute atomic E-state index is 0.161. The number of amides is 1. The van der Waals surface area contributed by atoms with Crippen molar-refractivity contribution in [2.75, 3.05) is 32.8 Å². The molecule has 3 heterocycles. The van der Waals surface area contributed by atoms with Gasteiger partial charge in [0.2, 0.25) is 5.91 Å². The molecule has 2 unspecified atom stereocenters. The zero-order valence-electron chi connectivity index (χ0n) is 12.6. The molecule has 0 radical (unpaired) electrons. The van der Waals surface area contributed by atoms with E-state index in [9.17, 15) is 4.79 Å². The van der Waals surface area contributed by atoms with Crippen molar-refractivity contribution >= 4 is 5.91 Å². The van der Waals surface area contributed by atoms with Gasteiger partial charge in [-0.2, -0.15) is 0 Å². The predicted molar refractivity (Wildman–Crippen MR) is 78.9 cm³/mol. The molecule has 1 amide bonds. The van der Waals surface area contributed by atoms with E-state index in [1.165, 1.54) is 12.8 Å². The Kier molecular flexibility index (Phi) is 4.55. The smallest absolute Gasteiger partial charge is 0.245 e. The van der Waals surface area contributed by atoms with Gasteiger partial charge in [0.05, 0.1) is 25.2 Å². The number of imidazole rings is 1. The van der Waals surface area contributed by atoms with E-state index in [0.29, 0.717) is 32.3 Å². The normalized spacial score (nSPS) is 24.8. The molecule has 1 aromatic rings. The van der Waals surface area contributed by atoms with E-state index in [0.717, 1.165) is 18.7 Å². The first-order valence-corrected chi connectivity index (χ1v) is 7.89. The topological polar surface area (TPSA) is 59.4 Å². The van der Waals surface area contributed by atoms with Gasteiger partial charge in [0, 0.05) is 25.3 Å². The molecule has 1 N–H and O–H groups in total. The molecule has 2 aliphatic heterocycles. The van der Waals surface area contributed by atoms with Crippen LogP contribution in [0.2, 0.25) is 0 Å². The number of carbonyl (C=O) groups excluding carboxylic acids is 1. The van der Waals surface area contributed by atoms with Gasteiger partial charge in [-0.3, -0.25) is 4.79 Å². The molecule has 2 saturated heterocycles. The van der Waals surface area contributed by atoms with Crippen molar-refractivity contribution in [2.45, 2.75) is 38.3 Å². The Hall–Kier alpha value is -1.40. The van der Waals surface area contributed by atoms with Crippen molar-refractivity contribution < 1.29 is 9.53 Å². The average molecular weight is 292 g/mol. The molecule has 1 aromatic heterocycles. The predicted octanol–water partition coefficient (Wildman–Crippen LogP) is 1.12. The zero-order chi connectivity index (χ0) is 14.7. The summed E-state index contributed by atoms with van der Waals surface area (Å²) in [6.45, 7) is 5.66. The highest BCUT2D eigenvalue weighted by atomic mass is 16.5. The quantitative estimate of drug-likeness (QED) is 0.907. The number of nitrogens with one attached hydrogen (secondary N) is 1. The molecule has 0 saturated carbocycles. The Morgan fingerprint density at radius 1 is 1.43 bits per heavy atom. The first kappa shape index (κ1) is 14.5. The molecule has 116 valence electrons. The Morgan fingerprint density at radius 3 is 2.95 bits per heavy atom. The van der Waals surface area contributed by atoms with Crippen LogP contribution in [0.4, 0.5) is 0 Å². The third-order valence-electron chi connectivity index (χ3n) is 4.46. The molecular formula is C15H24N4O2. The van der Waals surface area contributed by atoms with Crippen LogP contribution >= 0.6 is 0 Å². The highest BCUT2D eigenvalue weighted by Gasteiger charge is 2.27. The fourth-order valence-corrected chi connectivity index (χ4v) is 3.18. The number of carbonyl (C=O) groups is 1. The number of morpholine rings is 1. The maximum Gasteiger partial charge on any atom is 0.245 e. The van der Waals surface area contributed by atoms with Crippen molar-refractivity contribution in [2.24, 2.45) is 0 Å². The van der Waals surface area contributed by atoms with Gasteiger partial charge >= 0.3 is 0 Å². The van der Waals surface area contributed by atoms with Crippen LogP contribution in [0.3, 0.4) is 0 Å². The van der Waals surface area contributed by atoms with Gasteiger partial charge in [-0.15, -0.1) is 0 Å². The van der Waals surface area contributed by atoms with Crippen LogP contribution in [-0.2, 0) is 9.53 Å². The van der Waals surface area contributed by atoms with E-state index < -0.39 is 0 Å². The Balaban J connectivity index is 1.73. The Morgan fingerprint density at radius 2 is 2.24 bits per heavy atom. The monoisotopic (exact) mass is 292 g/mol. The lowest BCUT2D eigenvalue weighted by Gasteiger charge is -2.31. The van der Waals surface area contributed by atoms with Crippen LogP contribution in [0.15, 0.2) is 12.5 Å². The second kappa shape index (κ2) is 6.58. The van der Waals surface area contributed by atoms with Gasteiger partial charge in [0.15, 0.2) is 0 Å². The lowest BCUT2D eigenvalue weighted by Crippen LogP contribution is -2.44. The lowest BCUT2D eigenvalue weighted by atomic mass is 10.0. The van der Waals surface area contributed by atoms with Crippen LogP contribution in [-0.4, -0.2) is 53.2 Å². The second-order valence-electron chi connectivity index (χ2n) is 5.84. The maximum absolute atomic E-state index is 12.6. The van der Waals surface area contributed by atoms with Crippen LogP contribution in [0.5, 0.6) is 0 Å². The fourth-order valence-electron chi connectivity index (χ4n) is 3.18. The molecule has 6 heteroatoms.